The zero-order valence-electron chi connectivity index (χ0n) is 19.4. The van der Waals surface area contributed by atoms with Gasteiger partial charge in [0.05, 0.1) is 25.4 Å². The Morgan fingerprint density at radius 3 is 1.72 bits per heavy atom. The largest absolute Gasteiger partial charge is 0.497 e. The van der Waals surface area contributed by atoms with Crippen LogP contribution in [-0.4, -0.2) is 40.3 Å². The molecule has 0 bridgehead atoms. The Kier molecular flexibility index (Phi) is 7.46. The Morgan fingerprint density at radius 2 is 1.22 bits per heavy atom. The van der Waals surface area contributed by atoms with Gasteiger partial charge < -0.3 is 20.1 Å². The number of anilines is 5. The second-order valence-electron chi connectivity index (χ2n) is 7.23. The van der Waals surface area contributed by atoms with E-state index in [9.17, 15) is 10.1 Å². The summed E-state index contributed by atoms with van der Waals surface area (Å²) in [4.78, 5) is 23.6. The molecule has 0 unspecified atom stereocenters. The molecule has 0 aliphatic carbocycles. The van der Waals surface area contributed by atoms with Crippen molar-refractivity contribution in [3.8, 4) is 11.5 Å². The van der Waals surface area contributed by atoms with Crippen LogP contribution in [0.2, 0.25) is 0 Å². The molecule has 0 spiro atoms. The second kappa shape index (κ2) is 11.2. The maximum absolute atomic E-state index is 10.9. The molecular formula is C24H22N8O4. The number of hydrogen-bond acceptors (Lipinski definition) is 11. The Labute approximate surface area is 206 Å². The highest BCUT2D eigenvalue weighted by Gasteiger charge is 2.09. The third-order valence-corrected chi connectivity index (χ3v) is 4.81. The van der Waals surface area contributed by atoms with E-state index in [1.54, 1.807) is 44.7 Å². The molecule has 12 heteroatoms. The van der Waals surface area contributed by atoms with Gasteiger partial charge in [-0.15, -0.1) is 0 Å². The maximum Gasteiger partial charge on any atom is 0.269 e. The SMILES string of the molecule is COc1ccc(/C=N\Nc2nc(Nc3ccc(OC)cc3)nc(Nc3ccc([N+](=O)[O-])cc3)n2)cc1. The zero-order valence-corrected chi connectivity index (χ0v) is 19.4. The molecule has 0 atom stereocenters. The van der Waals surface area contributed by atoms with E-state index in [1.807, 2.05) is 36.4 Å². The van der Waals surface area contributed by atoms with E-state index in [2.05, 4.69) is 36.1 Å². The van der Waals surface area contributed by atoms with E-state index in [1.165, 1.54) is 12.1 Å². The normalized spacial score (nSPS) is 10.6. The fourth-order valence-corrected chi connectivity index (χ4v) is 2.99. The average Bonchev–Trinajstić information content (AvgIpc) is 2.90. The molecule has 0 amide bonds. The minimum absolute atomic E-state index is 0.0201. The third kappa shape index (κ3) is 6.41. The van der Waals surface area contributed by atoms with Gasteiger partial charge >= 0.3 is 0 Å². The molecule has 0 radical (unpaired) electrons. The third-order valence-electron chi connectivity index (χ3n) is 4.81. The van der Waals surface area contributed by atoms with Crippen LogP contribution in [0, 0.1) is 10.1 Å². The van der Waals surface area contributed by atoms with Crippen LogP contribution in [0.4, 0.5) is 34.9 Å². The molecule has 0 aliphatic rings. The van der Waals surface area contributed by atoms with Crippen LogP contribution in [0.1, 0.15) is 5.56 Å². The Balaban J connectivity index is 1.56. The van der Waals surface area contributed by atoms with Crippen LogP contribution < -0.4 is 25.5 Å². The number of aromatic nitrogens is 3. The van der Waals surface area contributed by atoms with E-state index in [0.717, 1.165) is 17.0 Å². The van der Waals surface area contributed by atoms with Gasteiger partial charge in [-0.2, -0.15) is 20.1 Å². The topological polar surface area (TPSA) is 149 Å². The molecule has 1 heterocycles. The molecule has 0 saturated heterocycles. The smallest absolute Gasteiger partial charge is 0.269 e. The van der Waals surface area contributed by atoms with Gasteiger partial charge in [-0.3, -0.25) is 10.1 Å². The summed E-state index contributed by atoms with van der Waals surface area (Å²) >= 11 is 0. The summed E-state index contributed by atoms with van der Waals surface area (Å²) in [6.45, 7) is 0. The highest BCUT2D eigenvalue weighted by Crippen LogP contribution is 2.22. The van der Waals surface area contributed by atoms with Crippen molar-refractivity contribution < 1.29 is 14.4 Å². The van der Waals surface area contributed by atoms with Gasteiger partial charge in [-0.05, 0) is 66.2 Å². The van der Waals surface area contributed by atoms with Gasteiger partial charge in [-0.25, -0.2) is 5.43 Å². The van der Waals surface area contributed by atoms with Crippen LogP contribution in [0.25, 0.3) is 0 Å². The number of nitro groups is 1. The monoisotopic (exact) mass is 486 g/mol. The fourth-order valence-electron chi connectivity index (χ4n) is 2.99. The molecule has 0 saturated carbocycles. The predicted octanol–water partition coefficient (Wildman–Crippen LogP) is 4.73. The number of hydrazone groups is 1. The van der Waals surface area contributed by atoms with Gasteiger partial charge in [0, 0.05) is 23.5 Å². The number of benzene rings is 3. The van der Waals surface area contributed by atoms with Crippen LogP contribution in [0.15, 0.2) is 77.9 Å². The molecule has 1 aromatic heterocycles. The molecule has 3 aromatic carbocycles. The lowest BCUT2D eigenvalue weighted by molar-refractivity contribution is -0.384. The van der Waals surface area contributed by atoms with Gasteiger partial charge in [0.15, 0.2) is 0 Å². The van der Waals surface area contributed by atoms with Crippen molar-refractivity contribution in [2.24, 2.45) is 5.10 Å². The molecule has 0 aliphatic heterocycles. The van der Waals surface area contributed by atoms with Crippen molar-refractivity contribution in [3.63, 3.8) is 0 Å². The molecule has 4 aromatic rings. The van der Waals surface area contributed by atoms with Crippen molar-refractivity contribution in [3.05, 3.63) is 88.5 Å². The van der Waals surface area contributed by atoms with Crippen LogP contribution in [-0.2, 0) is 0 Å². The minimum Gasteiger partial charge on any atom is -0.497 e. The number of nitrogens with zero attached hydrogens (tertiary/aromatic N) is 5. The zero-order chi connectivity index (χ0) is 25.3. The number of nitrogens with one attached hydrogen (secondary N) is 3. The van der Waals surface area contributed by atoms with E-state index < -0.39 is 4.92 Å². The first-order valence-electron chi connectivity index (χ1n) is 10.6. The van der Waals surface area contributed by atoms with Crippen molar-refractivity contribution in [1.29, 1.82) is 0 Å². The van der Waals surface area contributed by atoms with Crippen molar-refractivity contribution in [1.82, 2.24) is 15.0 Å². The Bertz CT molecular complexity index is 1340. The number of rotatable bonds is 10. The summed E-state index contributed by atoms with van der Waals surface area (Å²) in [6.07, 6.45) is 1.61. The Morgan fingerprint density at radius 1 is 0.750 bits per heavy atom. The lowest BCUT2D eigenvalue weighted by Crippen LogP contribution is -2.07. The number of non-ortho nitro benzene ring substituents is 1. The maximum atomic E-state index is 10.9. The molecule has 36 heavy (non-hydrogen) atoms. The molecule has 182 valence electrons. The quantitative estimate of drug-likeness (QED) is 0.163. The number of nitro benzene ring substituents is 1. The highest BCUT2D eigenvalue weighted by molar-refractivity contribution is 5.80. The second-order valence-corrected chi connectivity index (χ2v) is 7.23. The summed E-state index contributed by atoms with van der Waals surface area (Å²) in [5, 5.41) is 21.3. The van der Waals surface area contributed by atoms with Crippen molar-refractivity contribution in [2.75, 3.05) is 30.3 Å². The summed E-state index contributed by atoms with van der Waals surface area (Å²) < 4.78 is 10.3. The van der Waals surface area contributed by atoms with Crippen molar-refractivity contribution in [2.45, 2.75) is 0 Å². The van der Waals surface area contributed by atoms with E-state index in [-0.39, 0.29) is 23.5 Å². The van der Waals surface area contributed by atoms with E-state index >= 15 is 0 Å². The van der Waals surface area contributed by atoms with Crippen LogP contribution in [0.5, 0.6) is 11.5 Å². The van der Waals surface area contributed by atoms with E-state index in [4.69, 9.17) is 9.47 Å². The first kappa shape index (κ1) is 23.9. The fraction of sp³-hybridized carbons (Fsp3) is 0.0833. The number of hydrogen-bond donors (Lipinski definition) is 3. The Hall–Kier alpha value is -5.26. The van der Waals surface area contributed by atoms with Crippen LogP contribution >= 0.6 is 0 Å². The van der Waals surface area contributed by atoms with Gasteiger partial charge in [0.25, 0.3) is 5.69 Å². The summed E-state index contributed by atoms with van der Waals surface area (Å²) in [5.74, 6) is 2.09. The van der Waals surface area contributed by atoms with Gasteiger partial charge in [0.1, 0.15) is 11.5 Å². The number of methoxy groups -OCH3 is 2. The summed E-state index contributed by atoms with van der Waals surface area (Å²) in [7, 11) is 3.19. The average molecular weight is 486 g/mol. The van der Waals surface area contributed by atoms with Gasteiger partial charge in [0.2, 0.25) is 17.8 Å². The molecular weight excluding hydrogens is 464 g/mol. The highest BCUT2D eigenvalue weighted by atomic mass is 16.6. The van der Waals surface area contributed by atoms with E-state index in [0.29, 0.717) is 11.4 Å². The minimum atomic E-state index is -0.466. The first-order valence-corrected chi connectivity index (χ1v) is 10.6. The molecule has 0 fully saturated rings. The molecule has 4 rings (SSSR count). The standard InChI is InChI=1S/C24H22N8O4/c1-35-20-11-3-16(4-12-20)15-25-31-24-29-22(26-17-5-9-19(10-6-17)32(33)34)28-23(30-24)27-18-7-13-21(36-2)14-8-18/h3-15H,1-2H3,(H3,26,27,28,29,30,31)/b25-15-. The van der Waals surface area contributed by atoms with Gasteiger partial charge in [-0.1, -0.05) is 0 Å². The van der Waals surface area contributed by atoms with Crippen LogP contribution in [0.3, 0.4) is 0 Å². The first-order chi connectivity index (χ1) is 17.5. The lowest BCUT2D eigenvalue weighted by Gasteiger charge is -2.10. The molecule has 12 nitrogen and oxygen atoms in total. The number of ether oxygens (including phenoxy) is 2. The lowest BCUT2D eigenvalue weighted by atomic mass is 10.2. The molecule has 3 N–H and O–H groups in total. The predicted molar refractivity (Wildman–Crippen MR) is 137 cm³/mol. The summed E-state index contributed by atoms with van der Waals surface area (Å²) in [5.41, 5.74) is 4.93. The summed E-state index contributed by atoms with van der Waals surface area (Å²) in [6, 6.07) is 20.5. The van der Waals surface area contributed by atoms with Crippen molar-refractivity contribution >= 4 is 41.1 Å².